The Morgan fingerprint density at radius 3 is 1.32 bits per heavy atom. The summed E-state index contributed by atoms with van der Waals surface area (Å²) in [5.74, 6) is 0. The summed E-state index contributed by atoms with van der Waals surface area (Å²) in [6.07, 6.45) is 4.13. The molecule has 0 aliphatic rings. The fourth-order valence-electron chi connectivity index (χ4n) is 5.19. The van der Waals surface area contributed by atoms with Gasteiger partial charge in [0.05, 0.1) is 18.2 Å². The van der Waals surface area contributed by atoms with Crippen LogP contribution in [0.4, 0.5) is 0 Å². The molecule has 208 valence electrons. The van der Waals surface area contributed by atoms with E-state index in [9.17, 15) is 0 Å². The van der Waals surface area contributed by atoms with Gasteiger partial charge in [0, 0.05) is 38.4 Å². The summed E-state index contributed by atoms with van der Waals surface area (Å²) < 4.78 is 36.6. The molecule has 2 nitrogen and oxygen atoms in total. The van der Waals surface area contributed by atoms with Gasteiger partial charge in [0.2, 0.25) is 9.84 Å². The van der Waals surface area contributed by atoms with E-state index >= 15 is 8.42 Å². The molecule has 6 rings (SSSR count). The van der Waals surface area contributed by atoms with Crippen molar-refractivity contribution >= 4 is 121 Å². The van der Waals surface area contributed by atoms with Gasteiger partial charge >= 0.3 is 0 Å². The number of hydrogen-bond acceptors (Lipinski definition) is 6. The molecule has 0 saturated carbocycles. The number of rotatable bonds is 6. The Labute approximate surface area is 284 Å². The Hall–Kier alpha value is -1.09. The van der Waals surface area contributed by atoms with Crippen LogP contribution in [-0.4, -0.2) is 20.9 Å². The molecule has 2 aromatic heterocycles. The van der Waals surface area contributed by atoms with E-state index in [1.54, 1.807) is 46.2 Å². The predicted molar refractivity (Wildman–Crippen MR) is 198 cm³/mol. The fourth-order valence-corrected chi connectivity index (χ4v) is 12.1. The smallest absolute Gasteiger partial charge is 0.207 e. The summed E-state index contributed by atoms with van der Waals surface area (Å²) in [6, 6.07) is 24.7. The van der Waals surface area contributed by atoms with Gasteiger partial charge in [-0.05, 0) is 142 Å². The van der Waals surface area contributed by atoms with Gasteiger partial charge in [0.15, 0.2) is 0 Å². The van der Waals surface area contributed by atoms with Crippen LogP contribution in [-0.2, 0) is 9.84 Å². The molecule has 0 unspecified atom stereocenters. The summed E-state index contributed by atoms with van der Waals surface area (Å²) >= 11 is 11.3. The van der Waals surface area contributed by atoms with Gasteiger partial charge in [-0.15, -0.1) is 46.2 Å². The van der Waals surface area contributed by atoms with Crippen LogP contribution in [0.15, 0.2) is 91.0 Å². The molecule has 0 saturated heterocycles. The van der Waals surface area contributed by atoms with Crippen molar-refractivity contribution in [1.82, 2.24) is 0 Å². The number of thiophene rings is 2. The maximum atomic E-state index is 15.0. The molecule has 4 aromatic carbocycles. The zero-order chi connectivity index (χ0) is 29.1. The lowest BCUT2D eigenvalue weighted by atomic mass is 10.0. The molecular weight excluding hydrogens is 830 g/mol. The van der Waals surface area contributed by atoms with Crippen molar-refractivity contribution in [2.75, 3.05) is 12.5 Å². The summed E-state index contributed by atoms with van der Waals surface area (Å²) in [6.45, 7) is 3.97. The molecule has 0 aliphatic heterocycles. The van der Waals surface area contributed by atoms with Gasteiger partial charge in [-0.25, -0.2) is 8.42 Å². The Kier molecular flexibility index (Phi) is 8.60. The molecule has 0 aliphatic carbocycles. The van der Waals surface area contributed by atoms with Crippen LogP contribution >= 0.6 is 91.4 Å². The van der Waals surface area contributed by atoms with Crippen molar-refractivity contribution < 1.29 is 8.42 Å². The first-order chi connectivity index (χ1) is 19.6. The van der Waals surface area contributed by atoms with Gasteiger partial charge in [0.25, 0.3) is 0 Å². The highest BCUT2D eigenvalue weighted by molar-refractivity contribution is 14.1. The minimum absolute atomic E-state index is 0.384. The summed E-state index contributed by atoms with van der Waals surface area (Å²) in [5.41, 5.74) is 5.96. The van der Waals surface area contributed by atoms with E-state index in [1.165, 1.54) is 0 Å². The van der Waals surface area contributed by atoms with Crippen molar-refractivity contribution in [3.05, 3.63) is 91.1 Å². The Balaban J connectivity index is 1.72. The number of sulfone groups is 1. The van der Waals surface area contributed by atoms with Crippen molar-refractivity contribution in [1.29, 1.82) is 0 Å². The van der Waals surface area contributed by atoms with Gasteiger partial charge in [-0.3, -0.25) is 0 Å². The highest BCUT2D eigenvalue weighted by Crippen LogP contribution is 2.50. The van der Waals surface area contributed by atoms with E-state index in [0.717, 1.165) is 69.1 Å². The molecule has 0 amide bonds. The second-order valence-corrected chi connectivity index (χ2v) is 18.4. The average Bonchev–Trinajstić information content (AvgIpc) is 3.50. The number of hydrogen-bond donors (Lipinski definition) is 0. The minimum Gasteiger partial charge on any atom is -0.218 e. The first-order valence-corrected chi connectivity index (χ1v) is 20.3. The standard InChI is InChI=1S/C32H24I2O2S5/c1-17-13-23-29(27(31(37-3)39-23)19-5-9-21(33)10-6-19)25(15-17)41(35,36)26-16-18(2)14-24-30(26)28(32(38-4)40-24)20-7-11-22(34)12-8-20/h5-16H,1-4H3. The second-order valence-electron chi connectivity index (χ2n) is 9.73. The molecule has 0 N–H and O–H groups in total. The molecular formula is C32H24I2O2S5. The molecule has 0 spiro atoms. The normalized spacial score (nSPS) is 12.0. The van der Waals surface area contributed by atoms with Crippen LogP contribution in [0.5, 0.6) is 0 Å². The van der Waals surface area contributed by atoms with Crippen LogP contribution in [0.25, 0.3) is 42.4 Å². The Bertz CT molecular complexity index is 1910. The molecule has 0 bridgehead atoms. The third-order valence-corrected chi connectivity index (χ3v) is 14.7. The maximum Gasteiger partial charge on any atom is 0.207 e. The maximum absolute atomic E-state index is 15.0. The largest absolute Gasteiger partial charge is 0.218 e. The number of fused-ring (bicyclic) bond motifs is 2. The number of halogens is 2. The fraction of sp³-hybridized carbons (Fsp3) is 0.125. The average molecular weight is 855 g/mol. The summed E-state index contributed by atoms with van der Waals surface area (Å²) in [7, 11) is -3.91. The topological polar surface area (TPSA) is 34.1 Å². The van der Waals surface area contributed by atoms with Crippen molar-refractivity contribution in [2.45, 2.75) is 32.1 Å². The zero-order valence-corrected chi connectivity index (χ0v) is 30.9. The Morgan fingerprint density at radius 1 is 0.610 bits per heavy atom. The first kappa shape index (κ1) is 30.0. The van der Waals surface area contributed by atoms with Crippen molar-refractivity contribution in [3.8, 4) is 22.3 Å². The van der Waals surface area contributed by atoms with Crippen LogP contribution in [0.2, 0.25) is 0 Å². The lowest BCUT2D eigenvalue weighted by Crippen LogP contribution is -2.05. The van der Waals surface area contributed by atoms with E-state index in [-0.39, 0.29) is 0 Å². The third-order valence-electron chi connectivity index (χ3n) is 6.95. The van der Waals surface area contributed by atoms with Crippen LogP contribution < -0.4 is 0 Å². The van der Waals surface area contributed by atoms with Crippen molar-refractivity contribution in [2.24, 2.45) is 0 Å². The highest BCUT2D eigenvalue weighted by Gasteiger charge is 2.30. The number of thioether (sulfide) groups is 2. The van der Waals surface area contributed by atoms with E-state index in [0.29, 0.717) is 9.79 Å². The van der Waals surface area contributed by atoms with Gasteiger partial charge < -0.3 is 0 Å². The lowest BCUT2D eigenvalue weighted by molar-refractivity contribution is 0.597. The molecule has 6 aromatic rings. The predicted octanol–water partition coefficient (Wildman–Crippen LogP) is 11.6. The first-order valence-electron chi connectivity index (χ1n) is 12.6. The molecule has 0 radical (unpaired) electrons. The Morgan fingerprint density at radius 2 is 0.976 bits per heavy atom. The van der Waals surface area contributed by atoms with Crippen LogP contribution in [0.1, 0.15) is 11.1 Å². The van der Waals surface area contributed by atoms with Crippen LogP contribution in [0.3, 0.4) is 0 Å². The minimum atomic E-state index is -3.91. The lowest BCUT2D eigenvalue weighted by Gasteiger charge is -2.14. The molecule has 0 atom stereocenters. The number of benzene rings is 4. The summed E-state index contributed by atoms with van der Waals surface area (Å²) in [4.78, 5) is 0.768. The van der Waals surface area contributed by atoms with Crippen LogP contribution in [0, 0.1) is 21.0 Å². The second kappa shape index (κ2) is 11.8. The highest BCUT2D eigenvalue weighted by atomic mass is 127. The van der Waals surface area contributed by atoms with Gasteiger partial charge in [0.1, 0.15) is 0 Å². The van der Waals surface area contributed by atoms with Gasteiger partial charge in [-0.2, -0.15) is 0 Å². The van der Waals surface area contributed by atoms with Gasteiger partial charge in [-0.1, -0.05) is 24.3 Å². The molecule has 2 heterocycles. The zero-order valence-electron chi connectivity index (χ0n) is 22.5. The number of aryl methyl sites for hydroxylation is 2. The van der Waals surface area contributed by atoms with E-state index in [2.05, 4.69) is 118 Å². The molecule has 9 heteroatoms. The van der Waals surface area contributed by atoms with Crippen molar-refractivity contribution in [3.63, 3.8) is 0 Å². The van der Waals surface area contributed by atoms with E-state index in [4.69, 9.17) is 0 Å². The van der Waals surface area contributed by atoms with E-state index in [1.807, 2.05) is 26.0 Å². The van der Waals surface area contributed by atoms with E-state index < -0.39 is 9.84 Å². The summed E-state index contributed by atoms with van der Waals surface area (Å²) in [5, 5.41) is 1.63. The molecule has 41 heavy (non-hydrogen) atoms. The SMILES string of the molecule is CSc1sc2cc(C)cc(S(=O)(=O)c3cc(C)cc4sc(SC)c(-c5ccc(I)cc5)c34)c2c1-c1ccc(I)cc1. The quantitative estimate of drug-likeness (QED) is 0.123. The monoisotopic (exact) mass is 854 g/mol. The third kappa shape index (κ3) is 5.42. The molecule has 0 fully saturated rings.